The number of hydrogen-bond donors (Lipinski definition) is 0. The molecule has 6 nitrogen and oxygen atoms in total. The molecular formula is C16H14N2O4S3. The normalized spacial score (nSPS) is 12.3. The van der Waals surface area contributed by atoms with Crippen molar-refractivity contribution in [2.75, 3.05) is 14.2 Å². The van der Waals surface area contributed by atoms with Gasteiger partial charge in [-0.2, -0.15) is 8.42 Å². The fraction of sp³-hybridized carbons (Fsp3) is 0.188. The van der Waals surface area contributed by atoms with Gasteiger partial charge in [0.25, 0.3) is 10.0 Å². The van der Waals surface area contributed by atoms with Gasteiger partial charge in [0, 0.05) is 0 Å². The second-order valence-electron chi connectivity index (χ2n) is 4.82. The van der Waals surface area contributed by atoms with E-state index in [1.54, 1.807) is 42.4 Å². The van der Waals surface area contributed by atoms with Crippen LogP contribution in [0.2, 0.25) is 0 Å². The van der Waals surface area contributed by atoms with E-state index in [1.165, 1.54) is 17.4 Å². The number of thiophene rings is 1. The highest BCUT2D eigenvalue weighted by molar-refractivity contribution is 7.92. The molecule has 1 aromatic carbocycles. The van der Waals surface area contributed by atoms with Gasteiger partial charge in [-0.3, -0.25) is 0 Å². The number of methoxy groups -OCH3 is 2. The van der Waals surface area contributed by atoms with Crippen molar-refractivity contribution in [1.29, 1.82) is 0 Å². The molecule has 0 N–H and O–H groups in total. The predicted molar refractivity (Wildman–Crippen MR) is 98.8 cm³/mol. The summed E-state index contributed by atoms with van der Waals surface area (Å²) in [5.41, 5.74) is 0.657. The number of sulfonamides is 1. The molecule has 0 amide bonds. The summed E-state index contributed by atoms with van der Waals surface area (Å²) in [5.74, 6) is 3.70. The predicted octanol–water partition coefficient (Wildman–Crippen LogP) is 2.70. The van der Waals surface area contributed by atoms with E-state index in [-0.39, 0.29) is 15.6 Å². The lowest BCUT2D eigenvalue weighted by Gasteiger charge is -2.08. The van der Waals surface area contributed by atoms with Crippen LogP contribution in [-0.4, -0.2) is 27.2 Å². The van der Waals surface area contributed by atoms with E-state index in [0.29, 0.717) is 17.0 Å². The number of terminal acetylenes is 1. The smallest absolute Gasteiger partial charge is 0.294 e. The second-order valence-corrected chi connectivity index (χ2v) is 8.58. The summed E-state index contributed by atoms with van der Waals surface area (Å²) in [5, 5.41) is 1.69. The van der Waals surface area contributed by atoms with Crippen molar-refractivity contribution in [3.05, 3.63) is 34.4 Å². The molecule has 0 spiro atoms. The molecule has 0 bridgehead atoms. The number of nitrogens with zero attached hydrogens (tertiary/aromatic N) is 2. The van der Waals surface area contributed by atoms with E-state index in [1.807, 2.05) is 0 Å². The highest BCUT2D eigenvalue weighted by Crippen LogP contribution is 2.35. The molecule has 0 aliphatic carbocycles. The molecule has 25 heavy (non-hydrogen) atoms. The van der Waals surface area contributed by atoms with E-state index >= 15 is 0 Å². The maximum atomic E-state index is 12.5. The third-order valence-corrected chi connectivity index (χ3v) is 7.24. The number of rotatable bonds is 5. The summed E-state index contributed by atoms with van der Waals surface area (Å²) in [6.45, 7) is 0.155. The van der Waals surface area contributed by atoms with E-state index in [2.05, 4.69) is 10.3 Å². The minimum atomic E-state index is -3.81. The second kappa shape index (κ2) is 6.92. The van der Waals surface area contributed by atoms with E-state index in [0.717, 1.165) is 16.0 Å². The molecule has 0 unspecified atom stereocenters. The summed E-state index contributed by atoms with van der Waals surface area (Å²) in [7, 11) is -0.727. The third kappa shape index (κ3) is 3.16. The molecule has 0 saturated carbocycles. The molecule has 130 valence electrons. The van der Waals surface area contributed by atoms with Gasteiger partial charge in [0.1, 0.15) is 25.9 Å². The van der Waals surface area contributed by atoms with E-state index < -0.39 is 10.0 Å². The number of aromatic nitrogens is 1. The first-order valence-electron chi connectivity index (χ1n) is 7.04. The van der Waals surface area contributed by atoms with Crippen LogP contribution < -0.4 is 14.3 Å². The molecule has 0 atom stereocenters. The van der Waals surface area contributed by atoms with Crippen molar-refractivity contribution in [3.8, 4) is 23.8 Å². The van der Waals surface area contributed by atoms with Crippen LogP contribution in [0.25, 0.3) is 10.2 Å². The largest absolute Gasteiger partial charge is 0.495 e. The Morgan fingerprint density at radius 3 is 2.56 bits per heavy atom. The zero-order chi connectivity index (χ0) is 18.0. The number of benzene rings is 1. The lowest BCUT2D eigenvalue weighted by Crippen LogP contribution is -2.16. The van der Waals surface area contributed by atoms with Crippen molar-refractivity contribution < 1.29 is 17.9 Å². The first-order chi connectivity index (χ1) is 12.0. The number of fused-ring (bicyclic) bond motifs is 1. The Hall–Kier alpha value is -2.28. The fourth-order valence-corrected chi connectivity index (χ4v) is 5.63. The van der Waals surface area contributed by atoms with Crippen LogP contribution in [0.5, 0.6) is 11.5 Å². The molecule has 0 saturated heterocycles. The van der Waals surface area contributed by atoms with Crippen molar-refractivity contribution in [2.24, 2.45) is 4.40 Å². The molecule has 9 heteroatoms. The van der Waals surface area contributed by atoms with Crippen LogP contribution in [-0.2, 0) is 16.6 Å². The van der Waals surface area contributed by atoms with Crippen LogP contribution in [0, 0.1) is 12.3 Å². The number of ether oxygens (including phenoxy) is 2. The van der Waals surface area contributed by atoms with Crippen LogP contribution in [0.15, 0.2) is 38.3 Å². The van der Waals surface area contributed by atoms with Gasteiger partial charge in [0.15, 0.2) is 0 Å². The SMILES string of the molecule is C#CCn1/c(=N/S(=O)(=O)c2cccs2)sc2c(OC)ccc(OC)c21. The van der Waals surface area contributed by atoms with Gasteiger partial charge in [-0.15, -0.1) is 22.2 Å². The van der Waals surface area contributed by atoms with Crippen molar-refractivity contribution in [2.45, 2.75) is 10.8 Å². The zero-order valence-corrected chi connectivity index (χ0v) is 15.9. The van der Waals surface area contributed by atoms with E-state index in [4.69, 9.17) is 15.9 Å². The van der Waals surface area contributed by atoms with Gasteiger partial charge in [0.2, 0.25) is 4.80 Å². The number of thiazole rings is 1. The Kier molecular flexibility index (Phi) is 4.85. The first kappa shape index (κ1) is 17.5. The minimum Gasteiger partial charge on any atom is -0.495 e. The Balaban J connectivity index is 2.38. The Morgan fingerprint density at radius 1 is 1.24 bits per heavy atom. The van der Waals surface area contributed by atoms with Crippen molar-refractivity contribution >= 4 is 42.9 Å². The Bertz CT molecular complexity index is 1120. The number of hydrogen-bond acceptors (Lipinski definition) is 6. The average molecular weight is 394 g/mol. The van der Waals surface area contributed by atoms with Crippen molar-refractivity contribution in [3.63, 3.8) is 0 Å². The molecule has 0 aliphatic rings. The summed E-state index contributed by atoms with van der Waals surface area (Å²) < 4.78 is 42.4. The maximum absolute atomic E-state index is 12.5. The molecule has 2 aromatic heterocycles. The zero-order valence-electron chi connectivity index (χ0n) is 13.4. The molecule has 0 fully saturated rings. The molecule has 3 aromatic rings. The van der Waals surface area contributed by atoms with Gasteiger partial charge in [-0.05, 0) is 23.6 Å². The third-order valence-electron chi connectivity index (χ3n) is 3.39. The monoisotopic (exact) mass is 394 g/mol. The summed E-state index contributed by atoms with van der Waals surface area (Å²) in [6.07, 6.45) is 5.47. The van der Waals surface area contributed by atoms with Crippen LogP contribution >= 0.6 is 22.7 Å². The standard InChI is InChI=1S/C16H14N2O4S3/c1-4-9-18-14-11(21-2)7-8-12(22-3)15(14)24-16(18)17-25(19,20)13-6-5-10-23-13/h1,5-8,10H,9H2,2-3H3/b17-16-. The van der Waals surface area contributed by atoms with Gasteiger partial charge in [-0.1, -0.05) is 23.3 Å². The highest BCUT2D eigenvalue weighted by atomic mass is 32.2. The fourth-order valence-electron chi connectivity index (χ4n) is 2.32. The molecule has 0 radical (unpaired) electrons. The lowest BCUT2D eigenvalue weighted by molar-refractivity contribution is 0.409. The maximum Gasteiger partial charge on any atom is 0.294 e. The summed E-state index contributed by atoms with van der Waals surface area (Å²) >= 11 is 2.30. The van der Waals surface area contributed by atoms with Gasteiger partial charge < -0.3 is 14.0 Å². The molecule has 0 aliphatic heterocycles. The summed E-state index contributed by atoms with van der Waals surface area (Å²) in [6, 6.07) is 6.69. The topological polar surface area (TPSA) is 69.9 Å². The van der Waals surface area contributed by atoms with Crippen LogP contribution in [0.3, 0.4) is 0 Å². The van der Waals surface area contributed by atoms with Gasteiger partial charge in [0.05, 0.1) is 20.8 Å². The summed E-state index contributed by atoms with van der Waals surface area (Å²) in [4.78, 5) is 0.268. The van der Waals surface area contributed by atoms with Crippen LogP contribution in [0.4, 0.5) is 0 Å². The van der Waals surface area contributed by atoms with Gasteiger partial charge >= 0.3 is 0 Å². The molecule has 3 rings (SSSR count). The Morgan fingerprint density at radius 2 is 1.96 bits per heavy atom. The average Bonchev–Trinajstić information content (AvgIpc) is 3.24. The Labute approximate surface area is 153 Å². The molecular weight excluding hydrogens is 380 g/mol. The van der Waals surface area contributed by atoms with Crippen LogP contribution in [0.1, 0.15) is 0 Å². The quantitative estimate of drug-likeness (QED) is 0.624. The first-order valence-corrected chi connectivity index (χ1v) is 10.2. The highest BCUT2D eigenvalue weighted by Gasteiger charge is 2.19. The molecule has 2 heterocycles. The van der Waals surface area contributed by atoms with Gasteiger partial charge in [-0.25, -0.2) is 0 Å². The van der Waals surface area contributed by atoms with E-state index in [9.17, 15) is 8.42 Å². The lowest BCUT2D eigenvalue weighted by atomic mass is 10.3. The minimum absolute atomic E-state index is 0.155. The van der Waals surface area contributed by atoms with Crippen molar-refractivity contribution in [1.82, 2.24) is 4.57 Å².